The molecule has 1 aliphatic rings. The zero-order chi connectivity index (χ0) is 24.2. The molecule has 0 amide bonds. The molecule has 0 atom stereocenters. The Balaban J connectivity index is 2.02. The largest absolute Gasteiger partial charge is 0.417 e. The van der Waals surface area contributed by atoms with Crippen molar-refractivity contribution in [2.75, 3.05) is 13.6 Å². The fourth-order valence-electron chi connectivity index (χ4n) is 3.20. The standard InChI is InChI=1S/C20H18ClF4N5O2S/c1-26-27-7-16(14(21)9-31)30-5-4-12-15(8-30)28-18(10-32)29-19(12)33-17-3-2-11(22)6-13(17)20(23,24)25/h2-3,6-7,9,26,32H,4-5,8,10H2,1H3/b16-14-,27-7-. The lowest BCUT2D eigenvalue weighted by atomic mass is 10.1. The van der Waals surface area contributed by atoms with Crippen molar-refractivity contribution >= 4 is 35.9 Å². The van der Waals surface area contributed by atoms with E-state index in [0.717, 1.165) is 23.9 Å². The van der Waals surface area contributed by atoms with Crippen LogP contribution in [-0.4, -0.2) is 46.1 Å². The third-order valence-electron chi connectivity index (χ3n) is 4.67. The van der Waals surface area contributed by atoms with Crippen molar-refractivity contribution in [2.24, 2.45) is 5.10 Å². The van der Waals surface area contributed by atoms with Crippen LogP contribution in [0, 0.1) is 5.82 Å². The fraction of sp³-hybridized carbons (Fsp3) is 0.300. The molecule has 0 saturated carbocycles. The molecule has 0 fully saturated rings. The van der Waals surface area contributed by atoms with E-state index in [1.54, 1.807) is 11.9 Å². The number of aliphatic hydroxyl groups is 1. The molecular formula is C20H18ClF4N5O2S. The summed E-state index contributed by atoms with van der Waals surface area (Å²) in [6.07, 6.45) is -2.58. The van der Waals surface area contributed by atoms with Crippen LogP contribution in [-0.2, 0) is 30.5 Å². The average Bonchev–Trinajstić information content (AvgIpc) is 2.79. The summed E-state index contributed by atoms with van der Waals surface area (Å²) in [5.74, 6) is -0.984. The molecule has 2 N–H and O–H groups in total. The molecule has 7 nitrogen and oxygen atoms in total. The fourth-order valence-corrected chi connectivity index (χ4v) is 4.49. The second-order valence-electron chi connectivity index (χ2n) is 6.77. The number of nitrogens with one attached hydrogen (secondary N) is 1. The van der Waals surface area contributed by atoms with Gasteiger partial charge < -0.3 is 15.4 Å². The molecule has 13 heteroatoms. The maximum atomic E-state index is 13.5. The Kier molecular flexibility index (Phi) is 7.92. The van der Waals surface area contributed by atoms with Gasteiger partial charge in [-0.25, -0.2) is 14.4 Å². The van der Waals surface area contributed by atoms with Crippen LogP contribution < -0.4 is 5.43 Å². The summed E-state index contributed by atoms with van der Waals surface area (Å²) in [6.45, 7) is -0.0223. The second-order valence-corrected chi connectivity index (χ2v) is 8.21. The molecule has 1 aliphatic heterocycles. The molecule has 1 aromatic carbocycles. The minimum Gasteiger partial charge on any atom is -0.388 e. The maximum Gasteiger partial charge on any atom is 0.417 e. The highest BCUT2D eigenvalue weighted by molar-refractivity contribution is 7.99. The van der Waals surface area contributed by atoms with Gasteiger partial charge in [0.25, 0.3) is 0 Å². The zero-order valence-corrected chi connectivity index (χ0v) is 18.7. The lowest BCUT2D eigenvalue weighted by Crippen LogP contribution is -2.33. The summed E-state index contributed by atoms with van der Waals surface area (Å²) in [5.41, 5.74) is 2.84. The first-order valence-corrected chi connectivity index (χ1v) is 10.7. The molecule has 1 aromatic heterocycles. The number of hydrazone groups is 1. The number of nitrogens with zero attached hydrogens (tertiary/aromatic N) is 4. The van der Waals surface area contributed by atoms with Crippen molar-refractivity contribution in [1.82, 2.24) is 20.3 Å². The Morgan fingerprint density at radius 1 is 1.39 bits per heavy atom. The van der Waals surface area contributed by atoms with E-state index in [2.05, 4.69) is 20.5 Å². The first-order chi connectivity index (χ1) is 15.7. The monoisotopic (exact) mass is 503 g/mol. The number of hydrogen-bond acceptors (Lipinski definition) is 8. The van der Waals surface area contributed by atoms with Gasteiger partial charge in [-0.15, -0.1) is 0 Å². The van der Waals surface area contributed by atoms with Gasteiger partial charge in [-0.3, -0.25) is 4.79 Å². The third kappa shape index (κ3) is 5.81. The van der Waals surface area contributed by atoms with Crippen LogP contribution in [0.15, 0.2) is 44.0 Å². The van der Waals surface area contributed by atoms with E-state index in [0.29, 0.717) is 42.3 Å². The second kappa shape index (κ2) is 10.5. The molecular weight excluding hydrogens is 486 g/mol. The number of allylic oxidation sites excluding steroid dienone is 2. The number of halogens is 5. The normalized spacial score (nSPS) is 14.8. The Morgan fingerprint density at radius 3 is 2.79 bits per heavy atom. The topological polar surface area (TPSA) is 90.7 Å². The van der Waals surface area contributed by atoms with Gasteiger partial charge >= 0.3 is 6.18 Å². The average molecular weight is 504 g/mol. The van der Waals surface area contributed by atoms with Crippen molar-refractivity contribution in [3.8, 4) is 0 Å². The number of carbonyl (C=O) groups excluding carboxylic acids is 1. The van der Waals surface area contributed by atoms with Crippen molar-refractivity contribution < 1.29 is 27.5 Å². The van der Waals surface area contributed by atoms with Gasteiger partial charge in [-0.05, 0) is 24.6 Å². The van der Waals surface area contributed by atoms with Crippen LogP contribution in [0.5, 0.6) is 0 Å². The minimum absolute atomic E-state index is 0.0182. The van der Waals surface area contributed by atoms with Crippen molar-refractivity contribution in [3.63, 3.8) is 0 Å². The number of fused-ring (bicyclic) bond motifs is 1. The van der Waals surface area contributed by atoms with Gasteiger partial charge in [0, 0.05) is 24.1 Å². The first-order valence-electron chi connectivity index (χ1n) is 9.51. The van der Waals surface area contributed by atoms with Crippen LogP contribution in [0.2, 0.25) is 0 Å². The van der Waals surface area contributed by atoms with Crippen LogP contribution in [0.1, 0.15) is 22.6 Å². The number of benzene rings is 1. The van der Waals surface area contributed by atoms with Crippen molar-refractivity contribution in [3.05, 3.63) is 57.4 Å². The molecule has 0 radical (unpaired) electrons. The quantitative estimate of drug-likeness (QED) is 0.149. The van der Waals surface area contributed by atoms with Gasteiger partial charge in [0.2, 0.25) is 0 Å². The molecule has 0 unspecified atom stereocenters. The molecule has 33 heavy (non-hydrogen) atoms. The van der Waals surface area contributed by atoms with Crippen molar-refractivity contribution in [1.29, 1.82) is 0 Å². The summed E-state index contributed by atoms with van der Waals surface area (Å²) < 4.78 is 53.8. The highest BCUT2D eigenvalue weighted by atomic mass is 35.5. The van der Waals surface area contributed by atoms with E-state index in [9.17, 15) is 27.5 Å². The smallest absolute Gasteiger partial charge is 0.388 e. The molecule has 0 bridgehead atoms. The Morgan fingerprint density at radius 2 is 2.15 bits per heavy atom. The predicted molar refractivity (Wildman–Crippen MR) is 114 cm³/mol. The number of aromatic nitrogens is 2. The molecule has 176 valence electrons. The van der Waals surface area contributed by atoms with Gasteiger partial charge in [0.15, 0.2) is 12.1 Å². The van der Waals surface area contributed by atoms with Gasteiger partial charge in [0.1, 0.15) is 22.5 Å². The number of aldehydes is 1. The number of aliphatic hydroxyl groups excluding tert-OH is 1. The number of alkyl halides is 3. The predicted octanol–water partition coefficient (Wildman–Crippen LogP) is 3.49. The third-order valence-corrected chi connectivity index (χ3v) is 6.06. The highest BCUT2D eigenvalue weighted by Crippen LogP contribution is 2.41. The summed E-state index contributed by atoms with van der Waals surface area (Å²) in [4.78, 5) is 21.2. The maximum absolute atomic E-state index is 13.5. The highest BCUT2D eigenvalue weighted by Gasteiger charge is 2.35. The Labute approximate surface area is 195 Å². The first kappa shape index (κ1) is 24.9. The summed E-state index contributed by atoms with van der Waals surface area (Å²) >= 11 is 6.76. The van der Waals surface area contributed by atoms with Crippen LogP contribution in [0.25, 0.3) is 0 Å². The lowest BCUT2D eigenvalue weighted by molar-refractivity contribution is -0.140. The molecule has 0 spiro atoms. The van der Waals surface area contributed by atoms with E-state index in [1.807, 2.05) is 0 Å². The Bertz CT molecular complexity index is 1110. The molecule has 2 heterocycles. The summed E-state index contributed by atoms with van der Waals surface area (Å²) in [7, 11) is 1.57. The summed E-state index contributed by atoms with van der Waals surface area (Å²) in [6, 6.07) is 2.42. The van der Waals surface area contributed by atoms with Crippen LogP contribution in [0.4, 0.5) is 17.6 Å². The van der Waals surface area contributed by atoms with E-state index in [1.165, 1.54) is 6.21 Å². The van der Waals surface area contributed by atoms with E-state index in [4.69, 9.17) is 11.6 Å². The van der Waals surface area contributed by atoms with Gasteiger partial charge in [-0.2, -0.15) is 18.3 Å². The van der Waals surface area contributed by atoms with E-state index >= 15 is 0 Å². The SMILES string of the molecule is CN/N=C\C(=C(\Cl)C=O)N1CCc2c(nc(CO)nc2Sc2ccc(F)cc2C(F)(F)F)C1. The van der Waals surface area contributed by atoms with Gasteiger partial charge in [0.05, 0.1) is 29.7 Å². The molecule has 0 aliphatic carbocycles. The molecule has 2 aromatic rings. The number of carbonyl (C=O) groups is 1. The van der Waals surface area contributed by atoms with Crippen LogP contribution >= 0.6 is 23.4 Å². The van der Waals surface area contributed by atoms with Crippen LogP contribution in [0.3, 0.4) is 0 Å². The lowest BCUT2D eigenvalue weighted by Gasteiger charge is -2.31. The number of rotatable bonds is 7. The Hall–Kier alpha value is -2.70. The van der Waals surface area contributed by atoms with Gasteiger partial charge in [-0.1, -0.05) is 23.4 Å². The minimum atomic E-state index is -4.76. The van der Waals surface area contributed by atoms with E-state index in [-0.39, 0.29) is 27.3 Å². The summed E-state index contributed by atoms with van der Waals surface area (Å²) in [5, 5.41) is 13.6. The molecule has 0 saturated heterocycles. The molecule has 3 rings (SSSR count). The zero-order valence-electron chi connectivity index (χ0n) is 17.2. The number of hydrogen-bond donors (Lipinski definition) is 2. The van der Waals surface area contributed by atoms with Crippen molar-refractivity contribution in [2.45, 2.75) is 35.7 Å². The van der Waals surface area contributed by atoms with E-state index < -0.39 is 24.2 Å².